The molecule has 0 spiro atoms. The topological polar surface area (TPSA) is 110 Å². The van der Waals surface area contributed by atoms with Gasteiger partial charge >= 0.3 is 5.69 Å². The van der Waals surface area contributed by atoms with Gasteiger partial charge in [0.2, 0.25) is 0 Å². The summed E-state index contributed by atoms with van der Waals surface area (Å²) in [5, 5.41) is 30.4. The highest BCUT2D eigenvalue weighted by atomic mass is 35.5. The summed E-state index contributed by atoms with van der Waals surface area (Å²) in [5.74, 6) is 0.0715. The zero-order valence-electron chi connectivity index (χ0n) is 15.0. The summed E-state index contributed by atoms with van der Waals surface area (Å²) in [5.41, 5.74) is 6.80. The molecule has 0 amide bonds. The molecule has 0 aliphatic carbocycles. The van der Waals surface area contributed by atoms with E-state index in [2.05, 4.69) is 0 Å². The molecular formula is C18H22Cl2N2O4. The van der Waals surface area contributed by atoms with Crippen LogP contribution in [0.1, 0.15) is 50.7 Å². The van der Waals surface area contributed by atoms with E-state index in [1.807, 2.05) is 27.7 Å². The molecule has 6 nitrogen and oxygen atoms in total. The van der Waals surface area contributed by atoms with Crippen LogP contribution in [0.5, 0.6) is 11.5 Å². The fourth-order valence-electron chi connectivity index (χ4n) is 2.27. The number of nitro groups is 1. The van der Waals surface area contributed by atoms with Gasteiger partial charge in [0, 0.05) is 27.2 Å². The van der Waals surface area contributed by atoms with Crippen molar-refractivity contribution in [1.82, 2.24) is 0 Å². The van der Waals surface area contributed by atoms with Crippen molar-refractivity contribution in [1.29, 1.82) is 0 Å². The molecule has 26 heavy (non-hydrogen) atoms. The Hall–Kier alpha value is -2.18. The summed E-state index contributed by atoms with van der Waals surface area (Å²) in [7, 11) is 0. The number of benzene rings is 2. The quantitative estimate of drug-likeness (QED) is 0.259. The number of nitro benzene ring substituents is 1. The summed E-state index contributed by atoms with van der Waals surface area (Å²) >= 11 is 11.5. The molecule has 0 saturated heterocycles. The van der Waals surface area contributed by atoms with E-state index < -0.39 is 4.92 Å². The van der Waals surface area contributed by atoms with E-state index in [0.717, 1.165) is 11.6 Å². The van der Waals surface area contributed by atoms with Gasteiger partial charge in [0.1, 0.15) is 5.75 Å². The first-order valence-electron chi connectivity index (χ1n) is 7.90. The van der Waals surface area contributed by atoms with E-state index in [-0.39, 0.29) is 34.0 Å². The number of rotatable bonds is 3. The first kappa shape index (κ1) is 21.9. The number of phenols is 2. The molecule has 2 aromatic rings. The van der Waals surface area contributed by atoms with Crippen LogP contribution < -0.4 is 5.73 Å². The van der Waals surface area contributed by atoms with Crippen LogP contribution >= 0.6 is 23.2 Å². The highest BCUT2D eigenvalue weighted by Gasteiger charge is 2.19. The van der Waals surface area contributed by atoms with Crippen molar-refractivity contribution in [2.24, 2.45) is 0 Å². The second-order valence-electron chi connectivity index (χ2n) is 6.36. The van der Waals surface area contributed by atoms with E-state index in [4.69, 9.17) is 28.9 Å². The fraction of sp³-hybridized carbons (Fsp3) is 0.333. The fourth-order valence-corrected chi connectivity index (χ4v) is 2.72. The maximum Gasteiger partial charge on any atom is 0.312 e. The van der Waals surface area contributed by atoms with E-state index in [9.17, 15) is 20.3 Å². The number of halogens is 2. The Morgan fingerprint density at radius 1 is 0.923 bits per heavy atom. The van der Waals surface area contributed by atoms with Crippen LogP contribution in [0.25, 0.3) is 0 Å². The Morgan fingerprint density at radius 3 is 1.77 bits per heavy atom. The Labute approximate surface area is 162 Å². The van der Waals surface area contributed by atoms with Gasteiger partial charge in [-0.05, 0) is 30.0 Å². The van der Waals surface area contributed by atoms with Gasteiger partial charge < -0.3 is 15.9 Å². The zero-order chi connectivity index (χ0) is 20.2. The van der Waals surface area contributed by atoms with Crippen LogP contribution in [0.15, 0.2) is 24.3 Å². The van der Waals surface area contributed by atoms with Crippen molar-refractivity contribution in [3.05, 3.63) is 55.6 Å². The lowest BCUT2D eigenvalue weighted by atomic mass is 10.0. The van der Waals surface area contributed by atoms with Gasteiger partial charge in [-0.3, -0.25) is 10.1 Å². The van der Waals surface area contributed by atoms with Crippen molar-refractivity contribution in [2.45, 2.75) is 39.5 Å². The number of hydrogen-bond acceptors (Lipinski definition) is 5. The normalized spacial score (nSPS) is 10.6. The van der Waals surface area contributed by atoms with E-state index in [0.29, 0.717) is 16.3 Å². The first-order valence-corrected chi connectivity index (χ1v) is 8.65. The molecule has 4 N–H and O–H groups in total. The monoisotopic (exact) mass is 400 g/mol. The lowest BCUT2D eigenvalue weighted by molar-refractivity contribution is -0.385. The number of hydrogen-bond donors (Lipinski definition) is 3. The van der Waals surface area contributed by atoms with Crippen molar-refractivity contribution in [3.8, 4) is 11.5 Å². The molecule has 0 atom stereocenters. The maximum absolute atomic E-state index is 10.5. The van der Waals surface area contributed by atoms with Crippen LogP contribution in [0.3, 0.4) is 0 Å². The third-order valence-corrected chi connectivity index (χ3v) is 4.09. The summed E-state index contributed by atoms with van der Waals surface area (Å²) in [6, 6.07) is 5.96. The number of phenolic OH excluding ortho intramolecular Hbond substituents is 2. The minimum Gasteiger partial charge on any atom is -0.505 e. The molecule has 142 valence electrons. The third kappa shape index (κ3) is 5.41. The van der Waals surface area contributed by atoms with Crippen molar-refractivity contribution >= 4 is 34.6 Å². The van der Waals surface area contributed by atoms with Gasteiger partial charge in [0.25, 0.3) is 0 Å². The molecule has 0 aliphatic rings. The number of aromatic hydroxyl groups is 2. The number of nitrogens with two attached hydrogens (primary N) is 1. The smallest absolute Gasteiger partial charge is 0.312 e. The van der Waals surface area contributed by atoms with Crippen molar-refractivity contribution < 1.29 is 15.1 Å². The lowest BCUT2D eigenvalue weighted by Crippen LogP contribution is -1.94. The first-order chi connectivity index (χ1) is 12.0. The molecule has 2 rings (SSSR count). The van der Waals surface area contributed by atoms with Gasteiger partial charge in [-0.15, -0.1) is 0 Å². The average Bonchev–Trinajstić information content (AvgIpc) is 2.52. The summed E-state index contributed by atoms with van der Waals surface area (Å²) in [4.78, 5) is 9.89. The minimum absolute atomic E-state index is 0.00704. The minimum atomic E-state index is -0.646. The average molecular weight is 401 g/mol. The second kappa shape index (κ2) is 8.96. The van der Waals surface area contributed by atoms with Gasteiger partial charge in [-0.2, -0.15) is 0 Å². The number of nitrogens with zero attached hydrogens (tertiary/aromatic N) is 1. The Balaban J connectivity index is 0.000000263. The number of anilines is 1. The molecule has 0 heterocycles. The third-order valence-electron chi connectivity index (χ3n) is 3.66. The molecular weight excluding hydrogens is 379 g/mol. The molecule has 8 heteroatoms. The summed E-state index contributed by atoms with van der Waals surface area (Å²) in [6.45, 7) is 7.61. The zero-order valence-corrected chi connectivity index (χ0v) is 16.5. The van der Waals surface area contributed by atoms with E-state index in [1.165, 1.54) is 6.07 Å². The Morgan fingerprint density at radius 2 is 1.35 bits per heavy atom. The van der Waals surface area contributed by atoms with Crippen LogP contribution in [-0.4, -0.2) is 15.1 Å². The van der Waals surface area contributed by atoms with Crippen LogP contribution in [-0.2, 0) is 0 Å². The predicted octanol–water partition coefficient (Wildman–Crippen LogP) is 5.83. The van der Waals surface area contributed by atoms with Crippen LogP contribution in [0, 0.1) is 10.1 Å². The van der Waals surface area contributed by atoms with Gasteiger partial charge in [-0.25, -0.2) is 0 Å². The van der Waals surface area contributed by atoms with Crippen LogP contribution in [0.4, 0.5) is 11.4 Å². The predicted molar refractivity (Wildman–Crippen MR) is 105 cm³/mol. The SMILES string of the molecule is CC(C)c1cc(Cl)cc(N)c1O.CC(C)c1cc(Cl)cc([N+](=O)[O-])c1O. The molecule has 0 radical (unpaired) electrons. The molecule has 0 aromatic heterocycles. The maximum atomic E-state index is 10.5. The lowest BCUT2D eigenvalue weighted by Gasteiger charge is -2.10. The molecule has 0 unspecified atom stereocenters. The van der Waals surface area contributed by atoms with Crippen molar-refractivity contribution in [3.63, 3.8) is 0 Å². The largest absolute Gasteiger partial charge is 0.505 e. The van der Waals surface area contributed by atoms with Gasteiger partial charge in [0.15, 0.2) is 5.75 Å². The summed E-state index contributed by atoms with van der Waals surface area (Å²) in [6.07, 6.45) is 0. The van der Waals surface area contributed by atoms with Gasteiger partial charge in [-0.1, -0.05) is 50.9 Å². The molecule has 0 bridgehead atoms. The van der Waals surface area contributed by atoms with Crippen LogP contribution in [0.2, 0.25) is 10.0 Å². The Kier molecular flexibility index (Phi) is 7.54. The molecule has 2 aromatic carbocycles. The van der Waals surface area contributed by atoms with E-state index in [1.54, 1.807) is 12.1 Å². The van der Waals surface area contributed by atoms with Gasteiger partial charge in [0.05, 0.1) is 10.6 Å². The summed E-state index contributed by atoms with van der Waals surface area (Å²) < 4.78 is 0. The van der Waals surface area contributed by atoms with E-state index >= 15 is 0 Å². The highest BCUT2D eigenvalue weighted by molar-refractivity contribution is 6.31. The van der Waals surface area contributed by atoms with Crippen molar-refractivity contribution in [2.75, 3.05) is 5.73 Å². The Bertz CT molecular complexity index is 808. The molecule has 0 saturated carbocycles. The highest BCUT2D eigenvalue weighted by Crippen LogP contribution is 2.37. The number of nitrogen functional groups attached to an aromatic ring is 1. The molecule has 0 fully saturated rings. The molecule has 0 aliphatic heterocycles. The standard InChI is InChI=1S/C9H10ClNO3.C9H12ClNO/c1-5(2)7-3-6(10)4-8(9(7)12)11(13)14;1-5(2)7-3-6(10)4-8(11)9(7)12/h3-5,12H,1-2H3;3-5,12H,11H2,1-2H3. The second-order valence-corrected chi connectivity index (χ2v) is 7.23.